The van der Waals surface area contributed by atoms with E-state index in [2.05, 4.69) is 22.3 Å². The molecule has 1 amide bonds. The van der Waals surface area contributed by atoms with Gasteiger partial charge in [0.05, 0.1) is 23.0 Å². The number of H-pyrrole nitrogens is 1. The van der Waals surface area contributed by atoms with E-state index in [-0.39, 0.29) is 11.9 Å². The third kappa shape index (κ3) is 3.26. The Bertz CT molecular complexity index is 1040. The van der Waals surface area contributed by atoms with Crippen LogP contribution in [0.4, 0.5) is 0 Å². The molecule has 0 aliphatic carbocycles. The number of likely N-dealkylation sites (tertiary alicyclic amines) is 1. The van der Waals surface area contributed by atoms with Crippen molar-refractivity contribution in [2.24, 2.45) is 7.05 Å². The molecule has 0 saturated carbocycles. The van der Waals surface area contributed by atoms with Crippen molar-refractivity contribution in [2.75, 3.05) is 6.54 Å². The van der Waals surface area contributed by atoms with Crippen LogP contribution in [0, 0.1) is 20.8 Å². The highest BCUT2D eigenvalue weighted by atomic mass is 16.5. The second-order valence-corrected chi connectivity index (χ2v) is 7.86. The van der Waals surface area contributed by atoms with E-state index in [1.54, 1.807) is 4.68 Å². The van der Waals surface area contributed by atoms with Crippen molar-refractivity contribution >= 4 is 5.91 Å². The van der Waals surface area contributed by atoms with Gasteiger partial charge in [-0.05, 0) is 46.5 Å². The van der Waals surface area contributed by atoms with Crippen LogP contribution in [0.15, 0.2) is 10.7 Å². The summed E-state index contributed by atoms with van der Waals surface area (Å²) in [6.45, 7) is 8.64. The lowest BCUT2D eigenvalue weighted by Gasteiger charge is -2.35. The maximum Gasteiger partial charge on any atom is 0.275 e. The lowest BCUT2D eigenvalue weighted by atomic mass is 9.95. The van der Waals surface area contributed by atoms with Gasteiger partial charge in [-0.25, -0.2) is 0 Å². The minimum Gasteiger partial charge on any atom is -0.356 e. The highest BCUT2D eigenvalue weighted by Gasteiger charge is 2.35. The molecule has 0 unspecified atom stereocenters. The first-order chi connectivity index (χ1) is 13.9. The van der Waals surface area contributed by atoms with Crippen molar-refractivity contribution in [2.45, 2.75) is 59.4 Å². The van der Waals surface area contributed by atoms with Crippen molar-refractivity contribution in [3.63, 3.8) is 0 Å². The third-order valence-electron chi connectivity index (χ3n) is 6.01. The number of aromatic nitrogens is 5. The summed E-state index contributed by atoms with van der Waals surface area (Å²) in [4.78, 5) is 15.4. The van der Waals surface area contributed by atoms with Gasteiger partial charge in [0, 0.05) is 36.6 Å². The molecule has 8 nitrogen and oxygen atoms in total. The van der Waals surface area contributed by atoms with E-state index >= 15 is 0 Å². The molecule has 1 atom stereocenters. The highest BCUT2D eigenvalue weighted by Crippen LogP contribution is 2.38. The van der Waals surface area contributed by atoms with Gasteiger partial charge in [0.1, 0.15) is 0 Å². The van der Waals surface area contributed by atoms with Gasteiger partial charge in [-0.3, -0.25) is 14.6 Å². The summed E-state index contributed by atoms with van der Waals surface area (Å²) in [6.07, 6.45) is 5.68. The number of rotatable bonds is 4. The van der Waals surface area contributed by atoms with Crippen LogP contribution in [0.1, 0.15) is 70.9 Å². The van der Waals surface area contributed by atoms with Crippen LogP contribution < -0.4 is 0 Å². The Hall–Kier alpha value is -2.90. The van der Waals surface area contributed by atoms with E-state index < -0.39 is 0 Å². The molecule has 1 N–H and O–H groups in total. The minimum atomic E-state index is -0.113. The van der Waals surface area contributed by atoms with E-state index in [4.69, 9.17) is 9.62 Å². The van der Waals surface area contributed by atoms with Gasteiger partial charge in [0.15, 0.2) is 11.5 Å². The van der Waals surface area contributed by atoms with Gasteiger partial charge in [-0.2, -0.15) is 10.2 Å². The molecule has 8 heteroatoms. The average Bonchev–Trinajstić information content (AvgIpc) is 3.38. The maximum absolute atomic E-state index is 13.4. The second-order valence-electron chi connectivity index (χ2n) is 7.86. The standard InChI is InChI=1S/C21H28N6O2/c1-6-16-13(3)18(23-22-16)21(28)27-10-8-7-9-17(27)19-15(11-26(5)24-19)20-12(2)14(4)25-29-20/h11,17H,6-10H2,1-5H3,(H,22,23)/t17-/m0/s1. The Balaban J connectivity index is 1.74. The fourth-order valence-electron chi connectivity index (χ4n) is 4.17. The molecular formula is C21H28N6O2. The number of aryl methyl sites for hydroxylation is 3. The SMILES string of the molecule is CCc1[nH]nc(C(=O)N2CCCC[C@H]2c2nn(C)cc2-c2onc(C)c2C)c1C. The first-order valence-electron chi connectivity index (χ1n) is 10.2. The molecule has 4 rings (SSSR count). The summed E-state index contributed by atoms with van der Waals surface area (Å²) in [5.74, 6) is 0.693. The molecule has 1 fully saturated rings. The van der Waals surface area contributed by atoms with Gasteiger partial charge in [0.2, 0.25) is 0 Å². The predicted octanol–water partition coefficient (Wildman–Crippen LogP) is 3.65. The van der Waals surface area contributed by atoms with Crippen LogP contribution in [-0.2, 0) is 13.5 Å². The number of hydrogen-bond acceptors (Lipinski definition) is 5. The van der Waals surface area contributed by atoms with Gasteiger partial charge < -0.3 is 9.42 Å². The number of nitrogens with one attached hydrogen (secondary N) is 1. The summed E-state index contributed by atoms with van der Waals surface area (Å²) in [6, 6.07) is -0.113. The molecular weight excluding hydrogens is 368 g/mol. The first kappa shape index (κ1) is 19.4. The zero-order valence-electron chi connectivity index (χ0n) is 17.7. The van der Waals surface area contributed by atoms with E-state index in [0.717, 1.165) is 65.2 Å². The summed E-state index contributed by atoms with van der Waals surface area (Å²) in [5, 5.41) is 16.2. The third-order valence-corrected chi connectivity index (χ3v) is 6.01. The number of aromatic amines is 1. The fourth-order valence-corrected chi connectivity index (χ4v) is 4.17. The monoisotopic (exact) mass is 396 g/mol. The number of nitrogens with zero attached hydrogens (tertiary/aromatic N) is 5. The molecule has 3 aromatic rings. The molecule has 1 aliphatic heterocycles. The second kappa shape index (κ2) is 7.50. The molecule has 1 aliphatic rings. The number of piperidine rings is 1. The maximum atomic E-state index is 13.4. The van der Waals surface area contributed by atoms with Gasteiger partial charge in [-0.1, -0.05) is 12.1 Å². The van der Waals surface area contributed by atoms with Crippen LogP contribution in [0.2, 0.25) is 0 Å². The molecule has 3 aromatic heterocycles. The highest BCUT2D eigenvalue weighted by molar-refractivity contribution is 5.94. The zero-order chi connectivity index (χ0) is 20.7. The molecule has 0 aromatic carbocycles. The Labute approximate surface area is 170 Å². The number of hydrogen-bond donors (Lipinski definition) is 1. The summed E-state index contributed by atoms with van der Waals surface area (Å²) in [7, 11) is 1.89. The summed E-state index contributed by atoms with van der Waals surface area (Å²) in [5.41, 5.74) is 6.09. The van der Waals surface area contributed by atoms with E-state index in [1.165, 1.54) is 0 Å². The smallest absolute Gasteiger partial charge is 0.275 e. The van der Waals surface area contributed by atoms with Crippen LogP contribution in [0.25, 0.3) is 11.3 Å². The lowest BCUT2D eigenvalue weighted by molar-refractivity contribution is 0.0599. The van der Waals surface area contributed by atoms with Crippen molar-refractivity contribution in [3.8, 4) is 11.3 Å². The molecule has 0 bridgehead atoms. The molecule has 0 radical (unpaired) electrons. The Morgan fingerprint density at radius 2 is 2.07 bits per heavy atom. The van der Waals surface area contributed by atoms with Crippen molar-refractivity contribution in [1.82, 2.24) is 30.0 Å². The quantitative estimate of drug-likeness (QED) is 0.726. The molecule has 0 spiro atoms. The summed E-state index contributed by atoms with van der Waals surface area (Å²) < 4.78 is 7.41. The zero-order valence-corrected chi connectivity index (χ0v) is 17.7. The van der Waals surface area contributed by atoms with Crippen LogP contribution in [0.3, 0.4) is 0 Å². The van der Waals surface area contributed by atoms with Crippen LogP contribution in [0.5, 0.6) is 0 Å². The van der Waals surface area contributed by atoms with Crippen molar-refractivity contribution in [3.05, 3.63) is 40.1 Å². The largest absolute Gasteiger partial charge is 0.356 e. The molecule has 1 saturated heterocycles. The van der Waals surface area contributed by atoms with Gasteiger partial charge in [-0.15, -0.1) is 0 Å². The number of amides is 1. The first-order valence-corrected chi connectivity index (χ1v) is 10.2. The fraction of sp³-hybridized carbons (Fsp3) is 0.524. The Morgan fingerprint density at radius 1 is 1.28 bits per heavy atom. The van der Waals surface area contributed by atoms with Crippen molar-refractivity contribution < 1.29 is 9.32 Å². The minimum absolute atomic E-state index is 0.0368. The number of carbonyl (C=O) groups is 1. The van der Waals surface area contributed by atoms with E-state index in [1.807, 2.05) is 38.9 Å². The molecule has 4 heterocycles. The average molecular weight is 396 g/mol. The van der Waals surface area contributed by atoms with Gasteiger partial charge >= 0.3 is 0 Å². The Kier molecular flexibility index (Phi) is 5.02. The molecule has 154 valence electrons. The van der Waals surface area contributed by atoms with Crippen molar-refractivity contribution in [1.29, 1.82) is 0 Å². The van der Waals surface area contributed by atoms with E-state index in [0.29, 0.717) is 12.2 Å². The lowest BCUT2D eigenvalue weighted by Crippen LogP contribution is -2.39. The Morgan fingerprint density at radius 3 is 2.72 bits per heavy atom. The molecule has 29 heavy (non-hydrogen) atoms. The predicted molar refractivity (Wildman–Crippen MR) is 109 cm³/mol. The van der Waals surface area contributed by atoms with E-state index in [9.17, 15) is 4.79 Å². The van der Waals surface area contributed by atoms with Crippen LogP contribution in [-0.4, -0.2) is 42.5 Å². The van der Waals surface area contributed by atoms with Crippen LogP contribution >= 0.6 is 0 Å². The normalized spacial score (nSPS) is 17.1. The number of carbonyl (C=O) groups excluding carboxylic acids is 1. The summed E-state index contributed by atoms with van der Waals surface area (Å²) >= 11 is 0. The topological polar surface area (TPSA) is 92.8 Å². The van der Waals surface area contributed by atoms with Gasteiger partial charge in [0.25, 0.3) is 5.91 Å².